The zero-order chi connectivity index (χ0) is 15.6. The molecule has 1 N–H and O–H groups in total. The summed E-state index contributed by atoms with van der Waals surface area (Å²) in [6.07, 6.45) is 8.38. The SMILES string of the molecule is Cc1cncc(S(=O)(=O)Nc2nnc(CC3CCCC3)o2)c1. The third-order valence-corrected chi connectivity index (χ3v) is 5.07. The topological polar surface area (TPSA) is 98.0 Å². The molecule has 0 spiro atoms. The van der Waals surface area contributed by atoms with Crippen molar-refractivity contribution in [3.8, 4) is 0 Å². The second-order valence-corrected chi connectivity index (χ2v) is 7.34. The Hall–Kier alpha value is -1.96. The van der Waals surface area contributed by atoms with Gasteiger partial charge in [0.25, 0.3) is 10.0 Å². The third kappa shape index (κ3) is 3.44. The van der Waals surface area contributed by atoms with Gasteiger partial charge in [-0.3, -0.25) is 4.98 Å². The van der Waals surface area contributed by atoms with Crippen LogP contribution in [0.2, 0.25) is 0 Å². The Morgan fingerprint density at radius 3 is 2.77 bits per heavy atom. The Morgan fingerprint density at radius 2 is 2.05 bits per heavy atom. The number of hydrogen-bond acceptors (Lipinski definition) is 6. The number of nitrogens with one attached hydrogen (secondary N) is 1. The van der Waals surface area contributed by atoms with Crippen molar-refractivity contribution >= 4 is 16.0 Å². The van der Waals surface area contributed by atoms with Crippen LogP contribution in [-0.2, 0) is 16.4 Å². The van der Waals surface area contributed by atoms with Gasteiger partial charge in [-0.25, -0.2) is 13.1 Å². The van der Waals surface area contributed by atoms with Gasteiger partial charge in [0.15, 0.2) is 0 Å². The van der Waals surface area contributed by atoms with E-state index in [1.165, 1.54) is 37.9 Å². The molecule has 1 aliphatic carbocycles. The molecule has 0 unspecified atom stereocenters. The highest BCUT2D eigenvalue weighted by Gasteiger charge is 2.21. The summed E-state index contributed by atoms with van der Waals surface area (Å²) in [5.41, 5.74) is 0.760. The zero-order valence-electron chi connectivity index (χ0n) is 12.3. The summed E-state index contributed by atoms with van der Waals surface area (Å²) in [5, 5.41) is 7.68. The van der Waals surface area contributed by atoms with Crippen molar-refractivity contribution < 1.29 is 12.8 Å². The molecule has 1 aliphatic rings. The van der Waals surface area contributed by atoms with E-state index in [4.69, 9.17) is 4.42 Å². The molecule has 22 heavy (non-hydrogen) atoms. The molecule has 118 valence electrons. The Morgan fingerprint density at radius 1 is 1.27 bits per heavy atom. The van der Waals surface area contributed by atoms with Gasteiger partial charge in [-0.1, -0.05) is 17.9 Å². The van der Waals surface area contributed by atoms with Crippen molar-refractivity contribution in [2.75, 3.05) is 4.72 Å². The molecule has 3 rings (SSSR count). The number of hydrogen-bond donors (Lipinski definition) is 1. The van der Waals surface area contributed by atoms with Crippen molar-refractivity contribution in [2.45, 2.75) is 43.9 Å². The van der Waals surface area contributed by atoms with Gasteiger partial charge in [0, 0.05) is 18.8 Å². The summed E-state index contributed by atoms with van der Waals surface area (Å²) < 4.78 is 32.2. The van der Waals surface area contributed by atoms with Gasteiger partial charge in [0.1, 0.15) is 4.90 Å². The Labute approximate surface area is 129 Å². The molecule has 0 radical (unpaired) electrons. The lowest BCUT2D eigenvalue weighted by Gasteiger charge is -2.05. The van der Waals surface area contributed by atoms with Gasteiger partial charge in [0.2, 0.25) is 5.89 Å². The number of aryl methyl sites for hydroxylation is 1. The van der Waals surface area contributed by atoms with E-state index in [1.807, 2.05) is 0 Å². The van der Waals surface area contributed by atoms with Crippen LogP contribution < -0.4 is 4.72 Å². The Bertz CT molecular complexity index is 751. The molecule has 2 aromatic heterocycles. The number of nitrogens with zero attached hydrogens (tertiary/aromatic N) is 3. The second-order valence-electron chi connectivity index (χ2n) is 5.66. The lowest BCUT2D eigenvalue weighted by atomic mass is 10.0. The van der Waals surface area contributed by atoms with E-state index in [2.05, 4.69) is 19.9 Å². The molecule has 1 saturated carbocycles. The minimum Gasteiger partial charge on any atom is -0.407 e. The molecule has 2 heterocycles. The fraction of sp³-hybridized carbons (Fsp3) is 0.500. The molecular weight excluding hydrogens is 304 g/mol. The molecular formula is C14H18N4O3S. The summed E-state index contributed by atoms with van der Waals surface area (Å²) in [7, 11) is -3.76. The third-order valence-electron chi connectivity index (χ3n) is 3.79. The van der Waals surface area contributed by atoms with Crippen LogP contribution in [0.15, 0.2) is 27.8 Å². The summed E-state index contributed by atoms with van der Waals surface area (Å²) in [6.45, 7) is 1.78. The van der Waals surface area contributed by atoms with Crippen molar-refractivity contribution in [1.29, 1.82) is 0 Å². The van der Waals surface area contributed by atoms with E-state index in [9.17, 15) is 8.42 Å². The average molecular weight is 322 g/mol. The highest BCUT2D eigenvalue weighted by molar-refractivity contribution is 7.92. The molecule has 0 bridgehead atoms. The molecule has 8 heteroatoms. The molecule has 0 atom stereocenters. The Balaban J connectivity index is 1.71. The number of aromatic nitrogens is 3. The van der Waals surface area contributed by atoms with Gasteiger partial charge in [-0.15, -0.1) is 5.10 Å². The summed E-state index contributed by atoms with van der Waals surface area (Å²) >= 11 is 0. The number of pyridine rings is 1. The standard InChI is InChI=1S/C14H18N4O3S/c1-10-6-12(9-15-8-10)22(19,20)18-14-17-16-13(21-14)7-11-4-2-3-5-11/h6,8-9,11H,2-5,7H2,1H3,(H,17,18). The van der Waals surface area contributed by atoms with Crippen molar-refractivity contribution in [1.82, 2.24) is 15.2 Å². The minimum atomic E-state index is -3.76. The van der Waals surface area contributed by atoms with Gasteiger partial charge in [0.05, 0.1) is 0 Å². The first-order valence-electron chi connectivity index (χ1n) is 7.30. The van der Waals surface area contributed by atoms with Gasteiger partial charge < -0.3 is 4.42 Å². The highest BCUT2D eigenvalue weighted by Crippen LogP contribution is 2.28. The van der Waals surface area contributed by atoms with E-state index in [-0.39, 0.29) is 10.9 Å². The predicted octanol–water partition coefficient (Wildman–Crippen LogP) is 2.31. The lowest BCUT2D eigenvalue weighted by Crippen LogP contribution is -2.13. The summed E-state index contributed by atoms with van der Waals surface area (Å²) in [6, 6.07) is 1.43. The van der Waals surface area contributed by atoms with Crippen LogP contribution in [0.3, 0.4) is 0 Å². The number of rotatable bonds is 5. The average Bonchev–Trinajstić information content (AvgIpc) is 3.11. The zero-order valence-corrected chi connectivity index (χ0v) is 13.1. The first-order valence-corrected chi connectivity index (χ1v) is 8.78. The largest absolute Gasteiger partial charge is 0.407 e. The second kappa shape index (κ2) is 6.04. The van der Waals surface area contributed by atoms with E-state index in [1.54, 1.807) is 13.1 Å². The lowest BCUT2D eigenvalue weighted by molar-refractivity contribution is 0.439. The number of anilines is 1. The summed E-state index contributed by atoms with van der Waals surface area (Å²) in [5.74, 6) is 1.04. The Kier molecular flexibility index (Phi) is 4.10. The van der Waals surface area contributed by atoms with Crippen molar-refractivity contribution in [2.24, 2.45) is 5.92 Å². The van der Waals surface area contributed by atoms with Crippen LogP contribution in [0, 0.1) is 12.8 Å². The number of sulfonamides is 1. The maximum Gasteiger partial charge on any atom is 0.329 e. The van der Waals surface area contributed by atoms with Crippen molar-refractivity contribution in [3.63, 3.8) is 0 Å². The van der Waals surface area contributed by atoms with Crippen LogP contribution in [0.25, 0.3) is 0 Å². The quantitative estimate of drug-likeness (QED) is 0.907. The summed E-state index contributed by atoms with van der Waals surface area (Å²) in [4.78, 5) is 3.95. The normalized spacial score (nSPS) is 16.0. The fourth-order valence-corrected chi connectivity index (χ4v) is 3.66. The fourth-order valence-electron chi connectivity index (χ4n) is 2.69. The molecule has 7 nitrogen and oxygen atoms in total. The highest BCUT2D eigenvalue weighted by atomic mass is 32.2. The first kappa shape index (κ1) is 15.0. The molecule has 0 saturated heterocycles. The van der Waals surface area contributed by atoms with Crippen LogP contribution >= 0.6 is 0 Å². The van der Waals surface area contributed by atoms with Crippen LogP contribution in [0.1, 0.15) is 37.1 Å². The maximum absolute atomic E-state index is 12.2. The maximum atomic E-state index is 12.2. The van der Waals surface area contributed by atoms with Crippen LogP contribution in [0.4, 0.5) is 6.01 Å². The first-order chi connectivity index (χ1) is 10.5. The van der Waals surface area contributed by atoms with E-state index in [0.29, 0.717) is 18.2 Å². The predicted molar refractivity (Wildman–Crippen MR) is 79.7 cm³/mol. The van der Waals surface area contributed by atoms with Crippen molar-refractivity contribution in [3.05, 3.63) is 29.9 Å². The van der Waals surface area contributed by atoms with Gasteiger partial charge >= 0.3 is 6.01 Å². The van der Waals surface area contributed by atoms with Crippen LogP contribution in [-0.4, -0.2) is 23.6 Å². The molecule has 0 aliphatic heterocycles. The molecule has 2 aromatic rings. The van der Waals surface area contributed by atoms with E-state index >= 15 is 0 Å². The minimum absolute atomic E-state index is 0.0723. The monoisotopic (exact) mass is 322 g/mol. The van der Waals surface area contributed by atoms with Gasteiger partial charge in [-0.05, 0) is 37.3 Å². The van der Waals surface area contributed by atoms with E-state index < -0.39 is 10.0 Å². The molecule has 1 fully saturated rings. The van der Waals surface area contributed by atoms with E-state index in [0.717, 1.165) is 5.56 Å². The molecule has 0 aromatic carbocycles. The van der Waals surface area contributed by atoms with Gasteiger partial charge in [-0.2, -0.15) is 0 Å². The molecule has 0 amide bonds. The van der Waals surface area contributed by atoms with Crippen LogP contribution in [0.5, 0.6) is 0 Å². The smallest absolute Gasteiger partial charge is 0.329 e.